The molecule has 1 aromatic carbocycles. The molecule has 2 aliphatic rings. The van der Waals surface area contributed by atoms with Crippen LogP contribution in [0.4, 0.5) is 10.2 Å². The second-order valence-corrected chi connectivity index (χ2v) is 9.77. The number of halogens is 3. The lowest BCUT2D eigenvalue weighted by molar-refractivity contribution is 0.119. The molecule has 2 saturated heterocycles. The van der Waals surface area contributed by atoms with Crippen LogP contribution < -0.4 is 15.0 Å². The number of hydrogen-bond acceptors (Lipinski definition) is 7. The van der Waals surface area contributed by atoms with Crippen molar-refractivity contribution < 1.29 is 9.13 Å². The van der Waals surface area contributed by atoms with Gasteiger partial charge in [-0.2, -0.15) is 5.10 Å². The van der Waals surface area contributed by atoms with E-state index in [2.05, 4.69) is 20.5 Å². The van der Waals surface area contributed by atoms with E-state index in [4.69, 9.17) is 33.3 Å². The van der Waals surface area contributed by atoms with Crippen LogP contribution in [-0.2, 0) is 0 Å². The third-order valence-electron chi connectivity index (χ3n) is 6.45. The smallest absolute Gasteiger partial charge is 0.166 e. The first-order valence-corrected chi connectivity index (χ1v) is 11.7. The second-order valence-electron chi connectivity index (χ2n) is 9.00. The Labute approximate surface area is 206 Å². The Morgan fingerprint density at radius 3 is 2.62 bits per heavy atom. The van der Waals surface area contributed by atoms with Crippen molar-refractivity contribution >= 4 is 34.7 Å². The molecule has 176 valence electrons. The molecule has 3 aromatic rings. The van der Waals surface area contributed by atoms with Gasteiger partial charge in [-0.25, -0.2) is 9.37 Å². The lowest BCUT2D eigenvalue weighted by Gasteiger charge is -2.56. The number of aryl methyl sites for hydroxylation is 1. The highest BCUT2D eigenvalue weighted by molar-refractivity contribution is 6.35. The molecule has 2 fully saturated rings. The number of ether oxygens (including phenoxy) is 1. The fraction of sp³-hybridized carbons (Fsp3) is 0.333. The summed E-state index contributed by atoms with van der Waals surface area (Å²) in [6.45, 7) is 7.26. The van der Waals surface area contributed by atoms with Gasteiger partial charge in [0.05, 0.1) is 22.5 Å². The number of pyridine rings is 1. The minimum absolute atomic E-state index is 0.153. The summed E-state index contributed by atoms with van der Waals surface area (Å²) in [5.74, 6) is 0.482. The maximum absolute atomic E-state index is 14.9. The fourth-order valence-corrected chi connectivity index (χ4v) is 5.06. The number of benzene rings is 1. The van der Waals surface area contributed by atoms with Crippen molar-refractivity contribution in [3.05, 3.63) is 74.9 Å². The number of aromatic nitrogens is 3. The molecule has 1 spiro atoms. The van der Waals surface area contributed by atoms with Crippen molar-refractivity contribution in [3.63, 3.8) is 0 Å². The van der Waals surface area contributed by atoms with Gasteiger partial charge in [-0.15, -0.1) is 5.10 Å². The lowest BCUT2D eigenvalue weighted by Crippen LogP contribution is -2.71. The van der Waals surface area contributed by atoms with Gasteiger partial charge in [-0.3, -0.25) is 5.41 Å². The van der Waals surface area contributed by atoms with Crippen LogP contribution in [0.25, 0.3) is 0 Å². The average Bonchev–Trinajstić information content (AvgIpc) is 2.73. The molecule has 2 N–H and O–H groups in total. The van der Waals surface area contributed by atoms with Crippen molar-refractivity contribution in [1.82, 2.24) is 20.5 Å². The SMILES string of the molecule is Cc1ccc(C(=N)c2cnc(N3CC4(CNC4)C3)c(F)c2)cc1OC(C)c1c(Cl)cnnc1Cl. The van der Waals surface area contributed by atoms with Crippen molar-refractivity contribution in [2.45, 2.75) is 20.0 Å². The van der Waals surface area contributed by atoms with E-state index in [-0.39, 0.29) is 16.3 Å². The summed E-state index contributed by atoms with van der Waals surface area (Å²) in [4.78, 5) is 6.29. The minimum Gasteiger partial charge on any atom is -0.486 e. The minimum atomic E-state index is -0.497. The van der Waals surface area contributed by atoms with E-state index in [0.717, 1.165) is 31.7 Å². The Balaban J connectivity index is 1.34. The van der Waals surface area contributed by atoms with E-state index in [9.17, 15) is 4.39 Å². The molecular weight excluding hydrogens is 478 g/mol. The summed E-state index contributed by atoms with van der Waals surface area (Å²) in [6, 6.07) is 6.78. The first-order chi connectivity index (χ1) is 16.3. The van der Waals surface area contributed by atoms with Gasteiger partial charge in [-0.05, 0) is 31.5 Å². The van der Waals surface area contributed by atoms with Crippen LogP contribution in [0.2, 0.25) is 10.2 Å². The van der Waals surface area contributed by atoms with E-state index >= 15 is 0 Å². The Morgan fingerprint density at radius 1 is 1.21 bits per heavy atom. The van der Waals surface area contributed by atoms with Crippen LogP contribution in [0.1, 0.15) is 35.3 Å². The third-order valence-corrected chi connectivity index (χ3v) is 7.03. The molecule has 1 atom stereocenters. The van der Waals surface area contributed by atoms with Crippen LogP contribution in [0, 0.1) is 23.6 Å². The highest BCUT2D eigenvalue weighted by atomic mass is 35.5. The van der Waals surface area contributed by atoms with Gasteiger partial charge in [0.2, 0.25) is 0 Å². The van der Waals surface area contributed by atoms with Gasteiger partial charge >= 0.3 is 0 Å². The Bertz CT molecular complexity index is 1250. The van der Waals surface area contributed by atoms with Crippen LogP contribution in [0.3, 0.4) is 0 Å². The Kier molecular flexibility index (Phi) is 5.91. The molecule has 0 amide bonds. The third kappa shape index (κ3) is 4.10. The molecule has 7 nitrogen and oxygen atoms in total. The first kappa shape index (κ1) is 23.0. The molecule has 5 rings (SSSR count). The van der Waals surface area contributed by atoms with Crippen molar-refractivity contribution in [2.75, 3.05) is 31.1 Å². The first-order valence-electron chi connectivity index (χ1n) is 10.9. The lowest BCUT2D eigenvalue weighted by atomic mass is 9.74. The molecular formula is C24H23Cl2FN6O. The highest BCUT2D eigenvalue weighted by Crippen LogP contribution is 2.38. The summed E-state index contributed by atoms with van der Waals surface area (Å²) < 4.78 is 21.0. The summed E-state index contributed by atoms with van der Waals surface area (Å²) in [5, 5.41) is 20.0. The van der Waals surface area contributed by atoms with Crippen LogP contribution in [0.15, 0.2) is 36.7 Å². The summed E-state index contributed by atoms with van der Waals surface area (Å²) in [5.41, 5.74) is 2.81. The van der Waals surface area contributed by atoms with E-state index in [1.165, 1.54) is 12.3 Å². The largest absolute Gasteiger partial charge is 0.486 e. The molecule has 1 unspecified atom stereocenters. The Morgan fingerprint density at radius 2 is 1.97 bits per heavy atom. The van der Waals surface area contributed by atoms with Crippen LogP contribution >= 0.6 is 23.2 Å². The van der Waals surface area contributed by atoms with E-state index in [0.29, 0.717) is 33.3 Å². The molecule has 4 heterocycles. The molecule has 0 bridgehead atoms. The van der Waals surface area contributed by atoms with Gasteiger partial charge in [0.25, 0.3) is 0 Å². The summed E-state index contributed by atoms with van der Waals surface area (Å²) in [7, 11) is 0. The maximum atomic E-state index is 14.9. The average molecular weight is 501 g/mol. The number of rotatable bonds is 6. The van der Waals surface area contributed by atoms with E-state index in [1.54, 1.807) is 18.3 Å². The van der Waals surface area contributed by atoms with Gasteiger partial charge in [-0.1, -0.05) is 35.3 Å². The van der Waals surface area contributed by atoms with Gasteiger partial charge in [0.15, 0.2) is 16.8 Å². The standard InChI is InChI=1S/C24H23Cl2FN6O/c1-13-3-4-15(6-19(13)34-14(2)20-17(25)8-31-32-22(20)26)21(28)16-5-18(27)23(30-7-16)33-11-24(12-33)9-29-10-24/h3-8,14,28-29H,9-12H2,1-2H3. The van der Waals surface area contributed by atoms with E-state index < -0.39 is 11.9 Å². The molecule has 0 radical (unpaired) electrons. The molecule has 0 aliphatic carbocycles. The molecule has 0 saturated carbocycles. The topological polar surface area (TPSA) is 87.0 Å². The van der Waals surface area contributed by atoms with Crippen LogP contribution in [0.5, 0.6) is 5.75 Å². The zero-order valence-electron chi connectivity index (χ0n) is 18.7. The second kappa shape index (κ2) is 8.76. The molecule has 2 aromatic heterocycles. The van der Waals surface area contributed by atoms with Crippen LogP contribution in [-0.4, -0.2) is 47.1 Å². The zero-order chi connectivity index (χ0) is 24.0. The van der Waals surface area contributed by atoms with Gasteiger partial charge < -0.3 is 15.0 Å². The monoisotopic (exact) mass is 500 g/mol. The molecule has 34 heavy (non-hydrogen) atoms. The van der Waals surface area contributed by atoms with Crippen molar-refractivity contribution in [1.29, 1.82) is 5.41 Å². The molecule has 2 aliphatic heterocycles. The molecule has 10 heteroatoms. The van der Waals surface area contributed by atoms with Gasteiger partial charge in [0.1, 0.15) is 11.9 Å². The Hall–Kier alpha value is -2.81. The maximum Gasteiger partial charge on any atom is 0.166 e. The zero-order valence-corrected chi connectivity index (χ0v) is 20.2. The predicted octanol–water partition coefficient (Wildman–Crippen LogP) is 4.59. The quantitative estimate of drug-likeness (QED) is 0.481. The summed E-state index contributed by atoms with van der Waals surface area (Å²) >= 11 is 12.4. The number of anilines is 1. The fourth-order valence-electron chi connectivity index (χ4n) is 4.43. The number of hydrogen-bond donors (Lipinski definition) is 2. The van der Waals surface area contributed by atoms with E-state index in [1.807, 2.05) is 24.8 Å². The predicted molar refractivity (Wildman–Crippen MR) is 130 cm³/mol. The number of nitrogens with one attached hydrogen (secondary N) is 2. The number of nitrogens with zero attached hydrogens (tertiary/aromatic N) is 4. The van der Waals surface area contributed by atoms with Crippen molar-refractivity contribution in [2.24, 2.45) is 5.41 Å². The van der Waals surface area contributed by atoms with Gasteiger partial charge in [0, 0.05) is 48.9 Å². The van der Waals surface area contributed by atoms with Crippen molar-refractivity contribution in [3.8, 4) is 5.75 Å². The summed E-state index contributed by atoms with van der Waals surface area (Å²) in [6.07, 6.45) is 2.47. The normalized spacial score (nSPS) is 17.1. The highest BCUT2D eigenvalue weighted by Gasteiger charge is 2.48.